The lowest BCUT2D eigenvalue weighted by atomic mass is 10.1. The lowest BCUT2D eigenvalue weighted by Gasteiger charge is -1.94. The maximum absolute atomic E-state index is 11.0. The number of nitrogens with zero attached hydrogens (tertiary/aromatic N) is 1. The van der Waals surface area contributed by atoms with Crippen molar-refractivity contribution in [2.75, 3.05) is 0 Å². The quantitative estimate of drug-likeness (QED) is 0.608. The third-order valence-electron chi connectivity index (χ3n) is 1.47. The van der Waals surface area contributed by atoms with E-state index in [2.05, 4.69) is 4.99 Å². The lowest BCUT2D eigenvalue weighted by molar-refractivity contribution is -0.117. The molecule has 62 valence electrons. The van der Waals surface area contributed by atoms with Crippen molar-refractivity contribution < 1.29 is 4.79 Å². The number of benzene rings is 1. The fourth-order valence-corrected chi connectivity index (χ4v) is 0.960. The van der Waals surface area contributed by atoms with Gasteiger partial charge in [-0.05, 0) is 12.5 Å². The van der Waals surface area contributed by atoms with E-state index in [9.17, 15) is 4.79 Å². The predicted octanol–water partition coefficient (Wildman–Crippen LogP) is 1.85. The van der Waals surface area contributed by atoms with Crippen molar-refractivity contribution in [2.45, 2.75) is 13.3 Å². The monoisotopic (exact) mass is 161 g/mol. The average molecular weight is 161 g/mol. The highest BCUT2D eigenvalue weighted by molar-refractivity contribution is 5.85. The second kappa shape index (κ2) is 4.44. The van der Waals surface area contributed by atoms with Crippen LogP contribution < -0.4 is 0 Å². The number of hydrogen-bond acceptors (Lipinski definition) is 1. The Kier molecular flexibility index (Phi) is 3.20. The molecular weight excluding hydrogens is 150 g/mol. The van der Waals surface area contributed by atoms with Gasteiger partial charge in [-0.1, -0.05) is 30.3 Å². The van der Waals surface area contributed by atoms with Gasteiger partial charge in [0.2, 0.25) is 5.91 Å². The summed E-state index contributed by atoms with van der Waals surface area (Å²) in [6.45, 7) is 1.74. The molecule has 1 aromatic carbocycles. The van der Waals surface area contributed by atoms with Crippen LogP contribution in [0.4, 0.5) is 0 Å². The average Bonchev–Trinajstić information content (AvgIpc) is 2.06. The Hall–Kier alpha value is -1.44. The van der Waals surface area contributed by atoms with Crippen LogP contribution in [0.15, 0.2) is 35.3 Å². The normalized spacial score (nSPS) is 10.4. The van der Waals surface area contributed by atoms with Crippen LogP contribution in [0.25, 0.3) is 0 Å². The van der Waals surface area contributed by atoms with Crippen LogP contribution >= 0.6 is 0 Å². The minimum Gasteiger partial charge on any atom is -0.272 e. The highest BCUT2D eigenvalue weighted by Crippen LogP contribution is 1.99. The molecule has 1 amide bonds. The number of carbonyl (C=O) groups excluding carboxylic acids is 1. The molecule has 0 fully saturated rings. The first-order valence-corrected chi connectivity index (χ1v) is 3.88. The summed E-state index contributed by atoms with van der Waals surface area (Å²) in [6, 6.07) is 9.60. The molecule has 2 heteroatoms. The molecule has 0 aliphatic rings. The molecule has 1 rings (SSSR count). The Morgan fingerprint density at radius 3 is 2.67 bits per heavy atom. The predicted molar refractivity (Wildman–Crippen MR) is 49.3 cm³/mol. The molecule has 12 heavy (non-hydrogen) atoms. The minimum absolute atomic E-state index is 0.0938. The first-order valence-electron chi connectivity index (χ1n) is 3.88. The molecule has 0 radical (unpaired) electrons. The van der Waals surface area contributed by atoms with E-state index >= 15 is 0 Å². The van der Waals surface area contributed by atoms with E-state index in [-0.39, 0.29) is 5.91 Å². The molecule has 0 atom stereocenters. The fourth-order valence-electron chi connectivity index (χ4n) is 0.960. The SMILES string of the molecule is CC=NC(=O)Cc1ccccc1. The minimum atomic E-state index is -0.0938. The molecule has 0 aromatic heterocycles. The first kappa shape index (κ1) is 8.65. The molecule has 0 spiro atoms. The van der Waals surface area contributed by atoms with Gasteiger partial charge in [0.15, 0.2) is 0 Å². The second-order valence-electron chi connectivity index (χ2n) is 2.44. The maximum Gasteiger partial charge on any atom is 0.249 e. The standard InChI is InChI=1S/C10H11NO/c1-2-11-10(12)8-9-6-4-3-5-7-9/h2-7H,8H2,1H3. The summed E-state index contributed by atoms with van der Waals surface area (Å²) in [7, 11) is 0. The van der Waals surface area contributed by atoms with E-state index in [4.69, 9.17) is 0 Å². The molecule has 2 nitrogen and oxygen atoms in total. The van der Waals surface area contributed by atoms with E-state index < -0.39 is 0 Å². The summed E-state index contributed by atoms with van der Waals surface area (Å²) in [5, 5.41) is 0. The summed E-state index contributed by atoms with van der Waals surface area (Å²) < 4.78 is 0. The highest BCUT2D eigenvalue weighted by atomic mass is 16.1. The van der Waals surface area contributed by atoms with Crippen LogP contribution in [0.3, 0.4) is 0 Å². The summed E-state index contributed by atoms with van der Waals surface area (Å²) >= 11 is 0. The van der Waals surface area contributed by atoms with Crippen molar-refractivity contribution in [3.05, 3.63) is 35.9 Å². The Bertz CT molecular complexity index is 277. The Morgan fingerprint density at radius 2 is 2.08 bits per heavy atom. The summed E-state index contributed by atoms with van der Waals surface area (Å²) in [5.74, 6) is -0.0938. The van der Waals surface area contributed by atoms with Crippen molar-refractivity contribution in [1.29, 1.82) is 0 Å². The molecule has 1 aromatic rings. The van der Waals surface area contributed by atoms with Crippen LogP contribution in [-0.2, 0) is 11.2 Å². The van der Waals surface area contributed by atoms with E-state index in [1.54, 1.807) is 6.92 Å². The van der Waals surface area contributed by atoms with Gasteiger partial charge in [-0.15, -0.1) is 0 Å². The number of aliphatic imine (C=N–C) groups is 1. The number of carbonyl (C=O) groups is 1. The molecule has 0 aliphatic carbocycles. The van der Waals surface area contributed by atoms with E-state index in [0.717, 1.165) is 5.56 Å². The van der Waals surface area contributed by atoms with Gasteiger partial charge in [0.05, 0.1) is 6.42 Å². The van der Waals surface area contributed by atoms with Crippen molar-refractivity contribution >= 4 is 12.1 Å². The van der Waals surface area contributed by atoms with Crippen LogP contribution in [0.5, 0.6) is 0 Å². The topological polar surface area (TPSA) is 29.4 Å². The molecule has 0 heterocycles. The Labute approximate surface area is 71.9 Å². The van der Waals surface area contributed by atoms with Crippen LogP contribution in [-0.4, -0.2) is 12.1 Å². The highest BCUT2D eigenvalue weighted by Gasteiger charge is 1.98. The maximum atomic E-state index is 11.0. The van der Waals surface area contributed by atoms with Crippen molar-refractivity contribution in [2.24, 2.45) is 4.99 Å². The van der Waals surface area contributed by atoms with Crippen molar-refractivity contribution in [1.82, 2.24) is 0 Å². The molecule has 0 saturated heterocycles. The van der Waals surface area contributed by atoms with Gasteiger partial charge in [0, 0.05) is 6.21 Å². The zero-order chi connectivity index (χ0) is 8.81. The van der Waals surface area contributed by atoms with E-state index in [0.29, 0.717) is 6.42 Å². The number of rotatable bonds is 2. The third kappa shape index (κ3) is 2.66. The van der Waals surface area contributed by atoms with Gasteiger partial charge in [0.25, 0.3) is 0 Å². The molecule has 0 bridgehead atoms. The summed E-state index contributed by atoms with van der Waals surface area (Å²) in [6.07, 6.45) is 1.91. The fraction of sp³-hybridized carbons (Fsp3) is 0.200. The van der Waals surface area contributed by atoms with Gasteiger partial charge >= 0.3 is 0 Å². The molecule has 0 aliphatic heterocycles. The largest absolute Gasteiger partial charge is 0.272 e. The molecule has 0 saturated carbocycles. The van der Waals surface area contributed by atoms with Gasteiger partial charge in [-0.25, -0.2) is 4.99 Å². The summed E-state index contributed by atoms with van der Waals surface area (Å²) in [4.78, 5) is 14.7. The van der Waals surface area contributed by atoms with Gasteiger partial charge in [-0.3, -0.25) is 4.79 Å². The number of amides is 1. The zero-order valence-corrected chi connectivity index (χ0v) is 7.03. The van der Waals surface area contributed by atoms with Crippen LogP contribution in [0.2, 0.25) is 0 Å². The van der Waals surface area contributed by atoms with Gasteiger partial charge in [0.1, 0.15) is 0 Å². The lowest BCUT2D eigenvalue weighted by Crippen LogP contribution is -1.98. The van der Waals surface area contributed by atoms with E-state index in [1.165, 1.54) is 6.21 Å². The summed E-state index contributed by atoms with van der Waals surface area (Å²) in [5.41, 5.74) is 1.01. The van der Waals surface area contributed by atoms with Gasteiger partial charge < -0.3 is 0 Å². The second-order valence-corrected chi connectivity index (χ2v) is 2.44. The van der Waals surface area contributed by atoms with Gasteiger partial charge in [-0.2, -0.15) is 0 Å². The zero-order valence-electron chi connectivity index (χ0n) is 7.03. The van der Waals surface area contributed by atoms with Crippen molar-refractivity contribution in [3.8, 4) is 0 Å². The first-order chi connectivity index (χ1) is 5.83. The Morgan fingerprint density at radius 1 is 1.42 bits per heavy atom. The smallest absolute Gasteiger partial charge is 0.249 e. The van der Waals surface area contributed by atoms with Crippen molar-refractivity contribution in [3.63, 3.8) is 0 Å². The Balaban J connectivity index is 2.59. The van der Waals surface area contributed by atoms with Crippen LogP contribution in [0, 0.1) is 0 Å². The van der Waals surface area contributed by atoms with Crippen LogP contribution in [0.1, 0.15) is 12.5 Å². The molecule has 0 N–H and O–H groups in total. The number of hydrogen-bond donors (Lipinski definition) is 0. The molecular formula is C10H11NO. The van der Waals surface area contributed by atoms with E-state index in [1.807, 2.05) is 30.3 Å². The third-order valence-corrected chi connectivity index (χ3v) is 1.47. The molecule has 0 unspecified atom stereocenters.